The lowest BCUT2D eigenvalue weighted by Crippen LogP contribution is -2.59. The van der Waals surface area contributed by atoms with Crippen LogP contribution in [-0.2, 0) is 53.0 Å². The van der Waals surface area contributed by atoms with Gasteiger partial charge in [0.05, 0.1) is 6.04 Å². The number of nitrogens with one attached hydrogen (secondary N) is 4. The quantitative estimate of drug-likeness (QED) is 0.0577. The van der Waals surface area contributed by atoms with Gasteiger partial charge in [-0.05, 0) is 100 Å². The predicted molar refractivity (Wildman–Crippen MR) is 292 cm³/mol. The molecule has 2 fully saturated rings. The number of hydrogen-bond donors (Lipinski definition) is 4. The number of likely N-dealkylation sites (tertiary alicyclic amines) is 2. The van der Waals surface area contributed by atoms with E-state index in [0.29, 0.717) is 84.2 Å². The molecular weight excluding hydrogens is 949 g/mol. The summed E-state index contributed by atoms with van der Waals surface area (Å²) >= 11 is 0. The Kier molecular flexibility index (Phi) is 24.1. The minimum absolute atomic E-state index is 0.0882. The number of nitrogens with zero attached hydrogens (tertiary/aromatic N) is 4. The van der Waals surface area contributed by atoms with Gasteiger partial charge in [0.2, 0.25) is 35.4 Å². The van der Waals surface area contributed by atoms with Gasteiger partial charge in [0.15, 0.2) is 0 Å². The fourth-order valence-corrected chi connectivity index (χ4v) is 9.74. The summed E-state index contributed by atoms with van der Waals surface area (Å²) < 4.78 is 5.36. The highest BCUT2D eigenvalue weighted by molar-refractivity contribution is 5.91. The summed E-state index contributed by atoms with van der Waals surface area (Å²) in [7, 11) is 1.71. The number of carbonyl (C=O) groups excluding carboxylic acids is 7. The second-order valence-electron chi connectivity index (χ2n) is 21.5. The molecule has 4 N–H and O–H groups in total. The minimum atomic E-state index is -0.819. The van der Waals surface area contributed by atoms with Crippen molar-refractivity contribution in [1.29, 1.82) is 0 Å². The summed E-state index contributed by atoms with van der Waals surface area (Å²) in [6.07, 6.45) is 5.55. The molecule has 3 aromatic rings. The maximum Gasteiger partial charge on any atom is 0.407 e. The first-order valence-electron chi connectivity index (χ1n) is 27.5. The molecule has 0 bridgehead atoms. The maximum absolute atomic E-state index is 14.5. The van der Waals surface area contributed by atoms with E-state index in [1.54, 1.807) is 14.0 Å². The summed E-state index contributed by atoms with van der Waals surface area (Å²) in [6, 6.07) is 26.8. The predicted octanol–water partition coefficient (Wildman–Crippen LogP) is 6.66. The molecule has 3 aromatic carbocycles. The molecule has 75 heavy (non-hydrogen) atoms. The topological polar surface area (TPSA) is 190 Å². The van der Waals surface area contributed by atoms with Gasteiger partial charge in [-0.15, -0.1) is 0 Å². The summed E-state index contributed by atoms with van der Waals surface area (Å²) in [4.78, 5) is 104. The van der Waals surface area contributed by atoms with Crippen LogP contribution in [0.25, 0.3) is 0 Å². The molecule has 2 heterocycles. The standard InChI is InChI=1S/C59H86N8O8/c1-8-43(2)54(70)62-50(30-19-35-61-58(74)75-42-47-26-16-11-17-27-47)56(72)66-36-20-28-48(66)40-64(38-33-45-22-12-9-13-23-45)51(68)31-18-32-52(69)65(39-34-46-24-14-10-15-25-46)41-49-29-21-37-67(49)57(73)53(59(4,5)6)63-55(71)44(3)60-7/h9-17,22-27,43-44,48-50,53,60H,8,18-21,28-42H2,1-7H3,(H,61,74)(H,62,70)(H,63,71)/t43-,44+,48+,49+,50+,53-/m1/s1. The second kappa shape index (κ2) is 30.3. The third-order valence-corrected chi connectivity index (χ3v) is 14.7. The molecule has 5 rings (SSSR count). The van der Waals surface area contributed by atoms with E-state index >= 15 is 0 Å². The number of alkyl carbamates (subject to hydrolysis) is 1. The van der Waals surface area contributed by atoms with Crippen molar-refractivity contribution in [2.75, 3.05) is 52.9 Å². The van der Waals surface area contributed by atoms with Gasteiger partial charge in [-0.1, -0.05) is 126 Å². The lowest BCUT2D eigenvalue weighted by atomic mass is 9.85. The van der Waals surface area contributed by atoms with E-state index < -0.39 is 29.6 Å². The van der Waals surface area contributed by atoms with Crippen molar-refractivity contribution in [3.8, 4) is 0 Å². The van der Waals surface area contributed by atoms with Gasteiger partial charge in [-0.3, -0.25) is 28.8 Å². The van der Waals surface area contributed by atoms with Crippen molar-refractivity contribution in [1.82, 2.24) is 40.9 Å². The zero-order chi connectivity index (χ0) is 54.3. The van der Waals surface area contributed by atoms with Gasteiger partial charge in [-0.25, -0.2) is 4.79 Å². The highest BCUT2D eigenvalue weighted by Gasteiger charge is 2.41. The SMILES string of the molecule is CC[C@@H](C)C(=O)N[C@@H](CCCNC(=O)OCc1ccccc1)C(=O)N1CCC[C@H]1CN(CCc1ccccc1)C(=O)CCCC(=O)N(CCc1ccccc1)C[C@@H]1CCCN1C(=O)[C@@H](NC(=O)[C@H](C)NC)C(C)(C)C. The molecule has 0 spiro atoms. The van der Waals surface area contributed by atoms with Crippen molar-refractivity contribution >= 4 is 41.5 Å². The molecule has 16 heteroatoms. The van der Waals surface area contributed by atoms with E-state index in [1.807, 2.05) is 145 Å². The molecule has 2 aliphatic rings. The Bertz CT molecular complexity index is 2280. The van der Waals surface area contributed by atoms with Gasteiger partial charge < -0.3 is 45.6 Å². The van der Waals surface area contributed by atoms with Crippen molar-refractivity contribution in [2.45, 2.75) is 155 Å². The van der Waals surface area contributed by atoms with E-state index in [1.165, 1.54) is 0 Å². The molecule has 6 atom stereocenters. The molecule has 7 amide bonds. The van der Waals surface area contributed by atoms with Gasteiger partial charge in [0.1, 0.15) is 18.7 Å². The molecule has 410 valence electrons. The molecule has 2 aliphatic heterocycles. The lowest BCUT2D eigenvalue weighted by molar-refractivity contribution is -0.142. The zero-order valence-corrected chi connectivity index (χ0v) is 45.8. The van der Waals surface area contributed by atoms with Crippen LogP contribution in [0.2, 0.25) is 0 Å². The molecule has 16 nitrogen and oxygen atoms in total. The second-order valence-corrected chi connectivity index (χ2v) is 21.5. The van der Waals surface area contributed by atoms with E-state index in [4.69, 9.17) is 4.74 Å². The van der Waals surface area contributed by atoms with Crippen LogP contribution in [0, 0.1) is 11.3 Å². The van der Waals surface area contributed by atoms with Crippen molar-refractivity contribution < 1.29 is 38.3 Å². The van der Waals surface area contributed by atoms with Crippen molar-refractivity contribution in [3.63, 3.8) is 0 Å². The summed E-state index contributed by atoms with van der Waals surface area (Å²) in [5.41, 5.74) is 2.47. The third-order valence-electron chi connectivity index (χ3n) is 14.7. The van der Waals surface area contributed by atoms with Crippen LogP contribution in [0.3, 0.4) is 0 Å². The number of amides is 7. The first-order valence-corrected chi connectivity index (χ1v) is 27.5. The average molecular weight is 1040 g/mol. The van der Waals surface area contributed by atoms with Gasteiger partial charge in [0, 0.05) is 76.7 Å². The van der Waals surface area contributed by atoms with E-state index in [2.05, 4.69) is 21.3 Å². The van der Waals surface area contributed by atoms with Crippen LogP contribution in [-0.4, -0.2) is 144 Å². The fraction of sp³-hybridized carbons (Fsp3) is 0.576. The number of hydrogen-bond acceptors (Lipinski definition) is 9. The highest BCUT2D eigenvalue weighted by atomic mass is 16.5. The molecule has 2 saturated heterocycles. The Hall–Kier alpha value is -6.29. The van der Waals surface area contributed by atoms with Crippen molar-refractivity contribution in [3.05, 3.63) is 108 Å². The monoisotopic (exact) mass is 1030 g/mol. The van der Waals surface area contributed by atoms with Gasteiger partial charge in [-0.2, -0.15) is 0 Å². The molecule has 0 radical (unpaired) electrons. The molecule has 0 aliphatic carbocycles. The van der Waals surface area contributed by atoms with Crippen molar-refractivity contribution in [2.24, 2.45) is 11.3 Å². The first kappa shape index (κ1) is 59.6. The summed E-state index contributed by atoms with van der Waals surface area (Å²) in [5.74, 6) is -1.31. The van der Waals surface area contributed by atoms with E-state index in [0.717, 1.165) is 36.0 Å². The number of carbonyl (C=O) groups is 7. The zero-order valence-electron chi connectivity index (χ0n) is 45.8. The van der Waals surface area contributed by atoms with Crippen LogP contribution in [0.4, 0.5) is 4.79 Å². The van der Waals surface area contributed by atoms with Gasteiger partial charge in [0.25, 0.3) is 0 Å². The van der Waals surface area contributed by atoms with Crippen LogP contribution in [0.1, 0.15) is 122 Å². The first-order chi connectivity index (χ1) is 36.0. The largest absolute Gasteiger partial charge is 0.445 e. The van der Waals surface area contributed by atoms with Crippen LogP contribution >= 0.6 is 0 Å². The normalized spacial score (nSPS) is 17.1. The number of ether oxygens (including phenoxy) is 1. The number of rotatable bonds is 28. The molecule has 0 unspecified atom stereocenters. The Morgan fingerprint density at radius 1 is 0.667 bits per heavy atom. The lowest BCUT2D eigenvalue weighted by Gasteiger charge is -2.37. The van der Waals surface area contributed by atoms with Crippen LogP contribution in [0.5, 0.6) is 0 Å². The number of benzene rings is 3. The Morgan fingerprint density at radius 3 is 1.64 bits per heavy atom. The summed E-state index contributed by atoms with van der Waals surface area (Å²) in [5, 5.41) is 11.7. The Labute approximate surface area is 446 Å². The summed E-state index contributed by atoms with van der Waals surface area (Å²) in [6.45, 7) is 14.3. The average Bonchev–Trinajstić information content (AvgIpc) is 4.09. The fourth-order valence-electron chi connectivity index (χ4n) is 9.74. The molecular formula is C59H86N8O8. The Balaban J connectivity index is 1.25. The Morgan fingerprint density at radius 2 is 1.16 bits per heavy atom. The third kappa shape index (κ3) is 19.1. The molecule has 0 aromatic heterocycles. The highest BCUT2D eigenvalue weighted by Crippen LogP contribution is 2.27. The van der Waals surface area contributed by atoms with Crippen LogP contribution in [0.15, 0.2) is 91.0 Å². The van der Waals surface area contributed by atoms with E-state index in [-0.39, 0.29) is 79.4 Å². The van der Waals surface area contributed by atoms with Crippen LogP contribution < -0.4 is 21.3 Å². The minimum Gasteiger partial charge on any atom is -0.445 e. The van der Waals surface area contributed by atoms with E-state index in [9.17, 15) is 33.6 Å². The maximum atomic E-state index is 14.5. The van der Waals surface area contributed by atoms with Gasteiger partial charge >= 0.3 is 6.09 Å². The smallest absolute Gasteiger partial charge is 0.407 e. The number of likely N-dealkylation sites (N-methyl/N-ethyl adjacent to an activating group) is 1. The molecule has 0 saturated carbocycles.